The van der Waals surface area contributed by atoms with Gasteiger partial charge in [0.2, 0.25) is 5.91 Å². The number of hydrogen-bond donors (Lipinski definition) is 2. The summed E-state index contributed by atoms with van der Waals surface area (Å²) in [5.41, 5.74) is 5.82. The Kier molecular flexibility index (Phi) is 7.41. The number of halogens is 1. The van der Waals surface area contributed by atoms with E-state index in [9.17, 15) is 4.79 Å². The van der Waals surface area contributed by atoms with Crippen LogP contribution < -0.4 is 11.1 Å². The zero-order valence-corrected chi connectivity index (χ0v) is 10.1. The van der Waals surface area contributed by atoms with Crippen LogP contribution in [0.5, 0.6) is 0 Å². The first-order chi connectivity index (χ1) is 6.22. The van der Waals surface area contributed by atoms with Crippen molar-refractivity contribution in [3.05, 3.63) is 0 Å². The Labute approximate surface area is 96.0 Å². The average Bonchev–Trinajstić information content (AvgIpc) is 2.04. The van der Waals surface area contributed by atoms with E-state index in [0.29, 0.717) is 11.8 Å². The van der Waals surface area contributed by atoms with Gasteiger partial charge < -0.3 is 11.1 Å². The highest BCUT2D eigenvalue weighted by Gasteiger charge is 2.20. The molecule has 0 saturated heterocycles. The molecular weight excluding hydrogens is 220 g/mol. The van der Waals surface area contributed by atoms with E-state index in [4.69, 9.17) is 5.73 Å². The molecular formula is C9H19ClN2OS. The fraction of sp³-hybridized carbons (Fsp3) is 0.889. The number of nitrogens with one attached hydrogen (secondary N) is 1. The molecule has 1 saturated carbocycles. The molecule has 2 atom stereocenters. The largest absolute Gasteiger partial charge is 0.353 e. The second-order valence-electron chi connectivity index (χ2n) is 3.62. The van der Waals surface area contributed by atoms with Crippen LogP contribution in [0.2, 0.25) is 0 Å². The van der Waals surface area contributed by atoms with Crippen LogP contribution in [0.1, 0.15) is 25.7 Å². The van der Waals surface area contributed by atoms with Crippen LogP contribution in [0.25, 0.3) is 0 Å². The Morgan fingerprint density at radius 2 is 2.29 bits per heavy atom. The molecule has 0 aliphatic heterocycles. The van der Waals surface area contributed by atoms with Gasteiger partial charge in [0.25, 0.3) is 0 Å². The van der Waals surface area contributed by atoms with Gasteiger partial charge >= 0.3 is 0 Å². The molecule has 0 aromatic rings. The highest BCUT2D eigenvalue weighted by molar-refractivity contribution is 7.99. The molecule has 84 valence electrons. The van der Waals surface area contributed by atoms with Gasteiger partial charge in [0, 0.05) is 12.1 Å². The molecule has 1 aliphatic rings. The minimum atomic E-state index is 0. The van der Waals surface area contributed by atoms with Crippen molar-refractivity contribution in [1.82, 2.24) is 5.32 Å². The monoisotopic (exact) mass is 238 g/mol. The standard InChI is InChI=1S/C9H18N2OS.ClH/c1-13-6-9(12)11-8-4-2-3-7(10)5-8;/h7-8H,2-6,10H2,1H3,(H,11,12);1H. The molecule has 0 spiro atoms. The fourth-order valence-corrected chi connectivity index (χ4v) is 2.10. The molecule has 1 fully saturated rings. The lowest BCUT2D eigenvalue weighted by atomic mass is 9.92. The van der Waals surface area contributed by atoms with Gasteiger partial charge in [-0.05, 0) is 31.9 Å². The molecule has 5 heteroatoms. The normalized spacial score (nSPS) is 26.4. The number of carbonyl (C=O) groups is 1. The fourth-order valence-electron chi connectivity index (χ4n) is 1.76. The predicted octanol–water partition coefficient (Wildman–Crippen LogP) is 1.16. The van der Waals surface area contributed by atoms with Gasteiger partial charge in [-0.15, -0.1) is 12.4 Å². The van der Waals surface area contributed by atoms with E-state index >= 15 is 0 Å². The highest BCUT2D eigenvalue weighted by atomic mass is 35.5. The Morgan fingerprint density at radius 3 is 2.86 bits per heavy atom. The summed E-state index contributed by atoms with van der Waals surface area (Å²) in [6, 6.07) is 0.608. The van der Waals surface area contributed by atoms with Crippen molar-refractivity contribution >= 4 is 30.1 Å². The third-order valence-electron chi connectivity index (χ3n) is 2.36. The maximum absolute atomic E-state index is 11.2. The van der Waals surface area contributed by atoms with E-state index in [2.05, 4.69) is 5.32 Å². The lowest BCUT2D eigenvalue weighted by molar-refractivity contribution is -0.119. The summed E-state index contributed by atoms with van der Waals surface area (Å²) >= 11 is 1.56. The zero-order valence-electron chi connectivity index (χ0n) is 8.49. The molecule has 0 aromatic heterocycles. The van der Waals surface area contributed by atoms with Crippen LogP contribution in [-0.4, -0.2) is 30.0 Å². The van der Waals surface area contributed by atoms with Gasteiger partial charge in [-0.1, -0.05) is 0 Å². The first-order valence-electron chi connectivity index (χ1n) is 4.76. The predicted molar refractivity (Wildman–Crippen MR) is 64.0 cm³/mol. The Morgan fingerprint density at radius 1 is 1.57 bits per heavy atom. The van der Waals surface area contributed by atoms with Crippen LogP contribution in [0.3, 0.4) is 0 Å². The van der Waals surface area contributed by atoms with Crippen LogP contribution in [0.4, 0.5) is 0 Å². The number of hydrogen-bond acceptors (Lipinski definition) is 3. The molecule has 1 aliphatic carbocycles. The van der Waals surface area contributed by atoms with Crippen molar-refractivity contribution < 1.29 is 4.79 Å². The summed E-state index contributed by atoms with van der Waals surface area (Å²) in [5.74, 6) is 0.706. The van der Waals surface area contributed by atoms with E-state index in [1.807, 2.05) is 6.26 Å². The molecule has 1 amide bonds. The first-order valence-corrected chi connectivity index (χ1v) is 6.15. The third kappa shape index (κ3) is 5.08. The summed E-state index contributed by atoms with van der Waals surface area (Å²) in [5, 5.41) is 3.01. The third-order valence-corrected chi connectivity index (χ3v) is 2.91. The summed E-state index contributed by atoms with van der Waals surface area (Å²) in [6.45, 7) is 0. The number of carbonyl (C=O) groups excluding carboxylic acids is 1. The van der Waals surface area contributed by atoms with E-state index in [0.717, 1.165) is 25.7 Å². The topological polar surface area (TPSA) is 55.1 Å². The Bertz CT molecular complexity index is 180. The maximum atomic E-state index is 11.2. The molecule has 0 bridgehead atoms. The maximum Gasteiger partial charge on any atom is 0.230 e. The van der Waals surface area contributed by atoms with Gasteiger partial charge in [-0.3, -0.25) is 4.79 Å². The van der Waals surface area contributed by atoms with Gasteiger partial charge in [-0.25, -0.2) is 0 Å². The molecule has 3 N–H and O–H groups in total. The second kappa shape index (κ2) is 7.37. The van der Waals surface area contributed by atoms with E-state index in [1.165, 1.54) is 0 Å². The number of amides is 1. The van der Waals surface area contributed by atoms with Crippen molar-refractivity contribution in [2.45, 2.75) is 37.8 Å². The minimum Gasteiger partial charge on any atom is -0.353 e. The van der Waals surface area contributed by atoms with Crippen LogP contribution in [0, 0.1) is 0 Å². The van der Waals surface area contributed by atoms with E-state index < -0.39 is 0 Å². The summed E-state index contributed by atoms with van der Waals surface area (Å²) in [7, 11) is 0. The molecule has 3 nitrogen and oxygen atoms in total. The number of nitrogens with two attached hydrogens (primary N) is 1. The molecule has 14 heavy (non-hydrogen) atoms. The zero-order chi connectivity index (χ0) is 9.68. The van der Waals surface area contributed by atoms with E-state index in [-0.39, 0.29) is 24.4 Å². The summed E-state index contributed by atoms with van der Waals surface area (Å²) in [6.07, 6.45) is 6.22. The smallest absolute Gasteiger partial charge is 0.230 e. The van der Waals surface area contributed by atoms with Crippen molar-refractivity contribution in [2.24, 2.45) is 5.73 Å². The van der Waals surface area contributed by atoms with Crippen molar-refractivity contribution in [3.8, 4) is 0 Å². The van der Waals surface area contributed by atoms with Crippen molar-refractivity contribution in [3.63, 3.8) is 0 Å². The van der Waals surface area contributed by atoms with Gasteiger partial charge in [0.1, 0.15) is 0 Å². The second-order valence-corrected chi connectivity index (χ2v) is 4.49. The summed E-state index contributed by atoms with van der Waals surface area (Å²) in [4.78, 5) is 11.2. The van der Waals surface area contributed by atoms with Crippen molar-refractivity contribution in [2.75, 3.05) is 12.0 Å². The lowest BCUT2D eigenvalue weighted by Crippen LogP contribution is -2.42. The van der Waals surface area contributed by atoms with Crippen LogP contribution >= 0.6 is 24.2 Å². The van der Waals surface area contributed by atoms with Crippen LogP contribution in [-0.2, 0) is 4.79 Å². The molecule has 0 heterocycles. The summed E-state index contributed by atoms with van der Waals surface area (Å²) < 4.78 is 0. The average molecular weight is 239 g/mol. The highest BCUT2D eigenvalue weighted by Crippen LogP contribution is 2.16. The van der Waals surface area contributed by atoms with Gasteiger partial charge in [-0.2, -0.15) is 11.8 Å². The molecule has 2 unspecified atom stereocenters. The SMILES string of the molecule is CSCC(=O)NC1CCCC(N)C1.Cl. The first kappa shape index (κ1) is 14.1. The lowest BCUT2D eigenvalue weighted by Gasteiger charge is -2.27. The van der Waals surface area contributed by atoms with Gasteiger partial charge in [0.05, 0.1) is 5.75 Å². The quantitative estimate of drug-likeness (QED) is 0.776. The van der Waals surface area contributed by atoms with E-state index in [1.54, 1.807) is 11.8 Å². The van der Waals surface area contributed by atoms with Gasteiger partial charge in [0.15, 0.2) is 0 Å². The molecule has 1 rings (SSSR count). The van der Waals surface area contributed by atoms with Crippen LogP contribution in [0.15, 0.2) is 0 Å². The number of rotatable bonds is 3. The van der Waals surface area contributed by atoms with Crippen molar-refractivity contribution in [1.29, 1.82) is 0 Å². The molecule has 0 radical (unpaired) electrons. The number of thioether (sulfide) groups is 1. The Balaban J connectivity index is 0.00000169. The minimum absolute atomic E-state index is 0. The Hall–Kier alpha value is 0.0700. The molecule has 0 aromatic carbocycles.